The Kier molecular flexibility index (Phi) is 9.16. The van der Waals surface area contributed by atoms with E-state index in [1.165, 1.54) is 11.4 Å². The van der Waals surface area contributed by atoms with E-state index in [2.05, 4.69) is 5.32 Å². The minimum absolute atomic E-state index is 0.124. The highest BCUT2D eigenvalue weighted by Gasteiger charge is 2.25. The Balaban J connectivity index is 2.37. The predicted octanol–water partition coefficient (Wildman–Crippen LogP) is 4.32. The molecule has 7 heteroatoms. The summed E-state index contributed by atoms with van der Waals surface area (Å²) in [4.78, 5) is 11.8. The lowest BCUT2D eigenvalue weighted by molar-refractivity contribution is -0.118. The molecule has 0 aliphatic carbocycles. The SMILES string of the molecule is CCCSP(=O)(OCC)SCC(=O)NCc1ccccc1. The highest BCUT2D eigenvalue weighted by molar-refractivity contribution is 8.89. The van der Waals surface area contributed by atoms with E-state index in [9.17, 15) is 9.36 Å². The first kappa shape index (κ1) is 18.6. The van der Waals surface area contributed by atoms with Gasteiger partial charge in [-0.15, -0.1) is 0 Å². The van der Waals surface area contributed by atoms with Crippen molar-refractivity contribution in [3.8, 4) is 0 Å². The molecule has 1 aromatic carbocycles. The third-order valence-electron chi connectivity index (χ3n) is 2.43. The summed E-state index contributed by atoms with van der Waals surface area (Å²) < 4.78 is 17.8. The smallest absolute Gasteiger partial charge is 0.313 e. The number of nitrogens with one attached hydrogen (secondary N) is 1. The van der Waals surface area contributed by atoms with Crippen LogP contribution in [0, 0.1) is 0 Å². The molecule has 0 bridgehead atoms. The molecular weight excluding hydrogens is 325 g/mol. The fraction of sp³-hybridized carbons (Fsp3) is 0.500. The molecule has 1 unspecified atom stereocenters. The second kappa shape index (κ2) is 10.3. The fourth-order valence-corrected chi connectivity index (χ4v) is 7.95. The molecule has 0 heterocycles. The maximum Gasteiger partial charge on any atom is 0.313 e. The molecule has 0 aliphatic heterocycles. The average molecular weight is 347 g/mol. The summed E-state index contributed by atoms with van der Waals surface area (Å²) in [7, 11) is 0. The van der Waals surface area contributed by atoms with Crippen LogP contribution in [-0.4, -0.2) is 24.0 Å². The summed E-state index contributed by atoms with van der Waals surface area (Å²) in [6.45, 7) is 4.73. The molecule has 21 heavy (non-hydrogen) atoms. The van der Waals surface area contributed by atoms with Crippen molar-refractivity contribution >= 4 is 34.4 Å². The van der Waals surface area contributed by atoms with E-state index < -0.39 is 5.77 Å². The van der Waals surface area contributed by atoms with Crippen molar-refractivity contribution in [2.75, 3.05) is 18.1 Å². The summed E-state index contributed by atoms with van der Waals surface area (Å²) in [6, 6.07) is 9.71. The van der Waals surface area contributed by atoms with Gasteiger partial charge in [-0.1, -0.05) is 48.6 Å². The van der Waals surface area contributed by atoms with Gasteiger partial charge >= 0.3 is 5.77 Å². The molecule has 0 fully saturated rings. The molecule has 1 atom stereocenters. The van der Waals surface area contributed by atoms with Crippen LogP contribution < -0.4 is 5.32 Å². The molecular formula is C14H22NO3PS2. The minimum Gasteiger partial charge on any atom is -0.351 e. The Hall–Kier alpha value is -0.420. The normalized spacial score (nSPS) is 13.6. The average Bonchev–Trinajstić information content (AvgIpc) is 2.50. The van der Waals surface area contributed by atoms with Gasteiger partial charge in [-0.25, -0.2) is 0 Å². The second-order valence-corrected chi connectivity index (χ2v) is 11.7. The number of hydrogen-bond acceptors (Lipinski definition) is 5. The summed E-state index contributed by atoms with van der Waals surface area (Å²) in [5.41, 5.74) is 1.05. The number of benzene rings is 1. The van der Waals surface area contributed by atoms with Crippen molar-refractivity contribution in [3.63, 3.8) is 0 Å². The van der Waals surface area contributed by atoms with E-state index in [-0.39, 0.29) is 11.7 Å². The Labute approximate surface area is 134 Å². The molecule has 1 N–H and O–H groups in total. The molecule has 0 radical (unpaired) electrons. The molecule has 0 aromatic heterocycles. The van der Waals surface area contributed by atoms with Gasteiger partial charge in [-0.05, 0) is 30.3 Å². The highest BCUT2D eigenvalue weighted by Crippen LogP contribution is 2.69. The van der Waals surface area contributed by atoms with Gasteiger partial charge in [0.05, 0.1) is 12.4 Å². The predicted molar refractivity (Wildman–Crippen MR) is 92.7 cm³/mol. The number of carbonyl (C=O) groups is 1. The molecule has 1 rings (SSSR count). The molecule has 0 spiro atoms. The molecule has 0 aliphatic rings. The Morgan fingerprint density at radius 3 is 2.57 bits per heavy atom. The first-order chi connectivity index (χ1) is 10.1. The lowest BCUT2D eigenvalue weighted by atomic mass is 10.2. The van der Waals surface area contributed by atoms with Gasteiger partial charge in [0, 0.05) is 12.3 Å². The van der Waals surface area contributed by atoms with Crippen LogP contribution in [0.3, 0.4) is 0 Å². The lowest BCUT2D eigenvalue weighted by Gasteiger charge is -2.15. The summed E-state index contributed by atoms with van der Waals surface area (Å²) in [6.07, 6.45) is 0.933. The van der Waals surface area contributed by atoms with Crippen molar-refractivity contribution in [1.82, 2.24) is 5.32 Å². The van der Waals surface area contributed by atoms with Gasteiger partial charge in [0.2, 0.25) is 5.91 Å². The van der Waals surface area contributed by atoms with Crippen LogP contribution in [-0.2, 0) is 20.4 Å². The summed E-state index contributed by atoms with van der Waals surface area (Å²) in [5.74, 6) is -2.01. The van der Waals surface area contributed by atoms with Gasteiger partial charge in [0.1, 0.15) is 0 Å². The lowest BCUT2D eigenvalue weighted by Crippen LogP contribution is -2.24. The van der Waals surface area contributed by atoms with Gasteiger partial charge in [-0.3, -0.25) is 9.36 Å². The Morgan fingerprint density at radius 2 is 1.95 bits per heavy atom. The summed E-state index contributed by atoms with van der Waals surface area (Å²) >= 11 is 2.44. The number of rotatable bonds is 10. The maximum absolute atomic E-state index is 12.5. The quantitative estimate of drug-likeness (QED) is 0.639. The van der Waals surface area contributed by atoms with Crippen LogP contribution in [0.2, 0.25) is 0 Å². The molecule has 4 nitrogen and oxygen atoms in total. The molecule has 118 valence electrons. The topological polar surface area (TPSA) is 55.4 Å². The Bertz CT molecular complexity index is 471. The van der Waals surface area contributed by atoms with Gasteiger partial charge in [0.25, 0.3) is 0 Å². The maximum atomic E-state index is 12.5. The number of carbonyl (C=O) groups excluding carboxylic acids is 1. The first-order valence-electron chi connectivity index (χ1n) is 6.94. The zero-order valence-electron chi connectivity index (χ0n) is 12.4. The third-order valence-corrected chi connectivity index (χ3v) is 9.98. The Morgan fingerprint density at radius 1 is 1.24 bits per heavy atom. The zero-order chi connectivity index (χ0) is 15.6. The van der Waals surface area contributed by atoms with Crippen LogP contribution in [0.5, 0.6) is 0 Å². The molecule has 0 saturated carbocycles. The van der Waals surface area contributed by atoms with Crippen molar-refractivity contribution < 1.29 is 13.9 Å². The number of hydrogen-bond donors (Lipinski definition) is 1. The van der Waals surface area contributed by atoms with Gasteiger partial charge in [-0.2, -0.15) is 0 Å². The zero-order valence-corrected chi connectivity index (χ0v) is 14.9. The van der Waals surface area contributed by atoms with Crippen LogP contribution in [0.15, 0.2) is 30.3 Å². The molecule has 1 amide bonds. The van der Waals surface area contributed by atoms with Crippen molar-refractivity contribution in [2.24, 2.45) is 0 Å². The standard InChI is InChI=1S/C14H22NO3PS2/c1-3-10-20-19(17,18-4-2)21-12-14(16)15-11-13-8-6-5-7-9-13/h5-9H,3-4,10-12H2,1-2H3,(H,15,16). The minimum atomic E-state index is -2.81. The van der Waals surface area contributed by atoms with E-state index in [0.717, 1.165) is 29.1 Å². The van der Waals surface area contributed by atoms with Crippen molar-refractivity contribution in [3.05, 3.63) is 35.9 Å². The molecule has 1 aromatic rings. The third kappa shape index (κ3) is 7.96. The first-order valence-corrected chi connectivity index (χ1v) is 11.7. The van der Waals surface area contributed by atoms with E-state index in [1.807, 2.05) is 44.2 Å². The highest BCUT2D eigenvalue weighted by atomic mass is 33.1. The van der Waals surface area contributed by atoms with E-state index >= 15 is 0 Å². The second-order valence-electron chi connectivity index (χ2n) is 4.23. The van der Waals surface area contributed by atoms with Crippen molar-refractivity contribution in [1.29, 1.82) is 0 Å². The fourth-order valence-electron chi connectivity index (χ4n) is 1.46. The van der Waals surface area contributed by atoms with Crippen LogP contribution in [0.4, 0.5) is 0 Å². The van der Waals surface area contributed by atoms with E-state index in [1.54, 1.807) is 0 Å². The van der Waals surface area contributed by atoms with Crippen LogP contribution >= 0.6 is 28.5 Å². The number of amides is 1. The summed E-state index contributed by atoms with van der Waals surface area (Å²) in [5, 5.41) is 2.82. The molecule has 0 saturated heterocycles. The monoisotopic (exact) mass is 347 g/mol. The van der Waals surface area contributed by atoms with E-state index in [4.69, 9.17) is 4.52 Å². The van der Waals surface area contributed by atoms with Crippen molar-refractivity contribution in [2.45, 2.75) is 26.8 Å². The largest absolute Gasteiger partial charge is 0.351 e. The van der Waals surface area contributed by atoms with Gasteiger partial charge in [0.15, 0.2) is 0 Å². The van der Waals surface area contributed by atoms with Crippen LogP contribution in [0.1, 0.15) is 25.8 Å². The van der Waals surface area contributed by atoms with Gasteiger partial charge < -0.3 is 9.84 Å². The van der Waals surface area contributed by atoms with Crippen LogP contribution in [0.25, 0.3) is 0 Å². The van der Waals surface area contributed by atoms with E-state index in [0.29, 0.717) is 13.2 Å².